The third-order valence-electron chi connectivity index (χ3n) is 4.04. The molecule has 120 valence electrons. The lowest BCUT2D eigenvalue weighted by Crippen LogP contribution is -2.53. The monoisotopic (exact) mass is 306 g/mol. The van der Waals surface area contributed by atoms with Crippen LogP contribution in [0.2, 0.25) is 0 Å². The Morgan fingerprint density at radius 2 is 1.86 bits per heavy atom. The molecule has 2 rings (SSSR count). The van der Waals surface area contributed by atoms with Crippen LogP contribution in [0.1, 0.15) is 37.8 Å². The van der Waals surface area contributed by atoms with Crippen molar-refractivity contribution in [3.05, 3.63) is 11.6 Å². The number of piperidine rings is 1. The smallest absolute Gasteiger partial charge is 0.380 e. The Hall–Kier alpha value is -1.15. The number of alkyl halides is 3. The third kappa shape index (κ3) is 3.37. The fourth-order valence-corrected chi connectivity index (χ4v) is 2.62. The van der Waals surface area contributed by atoms with Gasteiger partial charge in [-0.1, -0.05) is 6.92 Å². The number of likely N-dealkylation sites (tertiary alicyclic amines) is 1. The van der Waals surface area contributed by atoms with Crippen LogP contribution in [0.3, 0.4) is 0 Å². The normalized spacial score (nSPS) is 19.9. The van der Waals surface area contributed by atoms with Gasteiger partial charge >= 0.3 is 6.18 Å². The van der Waals surface area contributed by atoms with Crippen LogP contribution in [0.15, 0.2) is 0 Å². The van der Waals surface area contributed by atoms with Crippen molar-refractivity contribution in [2.75, 3.05) is 13.1 Å². The van der Waals surface area contributed by atoms with Crippen LogP contribution in [0, 0.1) is 6.92 Å². The highest BCUT2D eigenvalue weighted by Crippen LogP contribution is 2.38. The summed E-state index contributed by atoms with van der Waals surface area (Å²) in [7, 11) is 0. The zero-order valence-corrected chi connectivity index (χ0v) is 12.3. The summed E-state index contributed by atoms with van der Waals surface area (Å²) in [5.74, 6) is 1.59. The summed E-state index contributed by atoms with van der Waals surface area (Å²) < 4.78 is 40.2. The Morgan fingerprint density at radius 3 is 2.38 bits per heavy atom. The van der Waals surface area contributed by atoms with Gasteiger partial charge in [0.2, 0.25) is 0 Å². The van der Waals surface area contributed by atoms with Gasteiger partial charge in [-0.25, -0.2) is 0 Å². The van der Waals surface area contributed by atoms with Crippen molar-refractivity contribution >= 4 is 0 Å². The standard InChI is InChI=1S/C13H21F3N4O/c1-3-6-20-10(2)17-18-11(20)9-19-7-4-12(21,5-8-19)13(14,15)16/h21H,3-9H2,1-2H3. The highest BCUT2D eigenvalue weighted by Gasteiger charge is 2.54. The van der Waals surface area contributed by atoms with E-state index in [9.17, 15) is 18.3 Å². The van der Waals surface area contributed by atoms with Crippen molar-refractivity contribution < 1.29 is 18.3 Å². The molecule has 1 fully saturated rings. The first-order valence-corrected chi connectivity index (χ1v) is 7.17. The van der Waals surface area contributed by atoms with E-state index >= 15 is 0 Å². The molecule has 0 atom stereocenters. The van der Waals surface area contributed by atoms with Crippen molar-refractivity contribution in [2.45, 2.75) is 58.0 Å². The maximum atomic E-state index is 12.8. The van der Waals surface area contributed by atoms with Gasteiger partial charge in [-0.3, -0.25) is 4.90 Å². The molecule has 0 amide bonds. The number of aromatic nitrogens is 3. The first-order valence-electron chi connectivity index (χ1n) is 7.17. The van der Waals surface area contributed by atoms with Gasteiger partial charge in [0.1, 0.15) is 11.6 Å². The first-order chi connectivity index (χ1) is 9.77. The second-order valence-electron chi connectivity index (χ2n) is 5.62. The maximum Gasteiger partial charge on any atom is 0.417 e. The molecular formula is C13H21F3N4O. The van der Waals surface area contributed by atoms with Crippen LogP contribution < -0.4 is 0 Å². The molecule has 0 saturated carbocycles. The van der Waals surface area contributed by atoms with Gasteiger partial charge in [0.15, 0.2) is 5.60 Å². The predicted octanol–water partition coefficient (Wildman–Crippen LogP) is 1.89. The Morgan fingerprint density at radius 1 is 1.24 bits per heavy atom. The van der Waals surface area contributed by atoms with E-state index in [0.717, 1.165) is 24.6 Å². The molecule has 1 aromatic rings. The topological polar surface area (TPSA) is 54.2 Å². The van der Waals surface area contributed by atoms with E-state index in [1.807, 2.05) is 23.3 Å². The molecular weight excluding hydrogens is 285 g/mol. The van der Waals surface area contributed by atoms with Crippen molar-refractivity contribution in [3.8, 4) is 0 Å². The number of hydrogen-bond donors (Lipinski definition) is 1. The number of rotatable bonds is 4. The fraction of sp³-hybridized carbons (Fsp3) is 0.846. The largest absolute Gasteiger partial charge is 0.417 e. The summed E-state index contributed by atoms with van der Waals surface area (Å²) in [6.07, 6.45) is -4.20. The Kier molecular flexibility index (Phi) is 4.57. The molecule has 0 aliphatic carbocycles. The van der Waals surface area contributed by atoms with Crippen molar-refractivity contribution in [3.63, 3.8) is 0 Å². The van der Waals surface area contributed by atoms with E-state index in [2.05, 4.69) is 10.2 Å². The molecule has 1 saturated heterocycles. The molecule has 1 aliphatic heterocycles. The highest BCUT2D eigenvalue weighted by molar-refractivity contribution is 4.97. The van der Waals surface area contributed by atoms with Gasteiger partial charge in [0, 0.05) is 19.6 Å². The summed E-state index contributed by atoms with van der Waals surface area (Å²) in [4.78, 5) is 1.88. The summed E-state index contributed by atoms with van der Waals surface area (Å²) in [6.45, 7) is 5.59. The zero-order chi connectivity index (χ0) is 15.7. The molecule has 1 N–H and O–H groups in total. The number of aliphatic hydroxyl groups is 1. The molecule has 0 radical (unpaired) electrons. The van der Waals surface area contributed by atoms with Gasteiger partial charge in [0.05, 0.1) is 6.54 Å². The van der Waals surface area contributed by atoms with Crippen LogP contribution in [-0.2, 0) is 13.1 Å². The summed E-state index contributed by atoms with van der Waals surface area (Å²) >= 11 is 0. The van der Waals surface area contributed by atoms with Crippen molar-refractivity contribution in [1.82, 2.24) is 19.7 Å². The molecule has 0 bridgehead atoms. The number of hydrogen-bond acceptors (Lipinski definition) is 4. The van der Waals surface area contributed by atoms with E-state index in [1.54, 1.807) is 0 Å². The van der Waals surface area contributed by atoms with Gasteiger partial charge in [0.25, 0.3) is 0 Å². The number of aryl methyl sites for hydroxylation is 1. The summed E-state index contributed by atoms with van der Waals surface area (Å²) in [6, 6.07) is 0. The summed E-state index contributed by atoms with van der Waals surface area (Å²) in [5, 5.41) is 17.8. The second-order valence-corrected chi connectivity index (χ2v) is 5.62. The lowest BCUT2D eigenvalue weighted by molar-refractivity contribution is -0.273. The van der Waals surface area contributed by atoms with Crippen LogP contribution in [0.4, 0.5) is 13.2 Å². The molecule has 5 nitrogen and oxygen atoms in total. The minimum absolute atomic E-state index is 0.202. The third-order valence-corrected chi connectivity index (χ3v) is 4.04. The van der Waals surface area contributed by atoms with E-state index in [0.29, 0.717) is 6.54 Å². The van der Waals surface area contributed by atoms with E-state index in [4.69, 9.17) is 0 Å². The van der Waals surface area contributed by atoms with Gasteiger partial charge < -0.3 is 9.67 Å². The molecule has 0 spiro atoms. The molecule has 0 unspecified atom stereocenters. The SMILES string of the molecule is CCCn1c(C)nnc1CN1CCC(O)(C(F)(F)F)CC1. The average Bonchev–Trinajstić information content (AvgIpc) is 2.74. The lowest BCUT2D eigenvalue weighted by atomic mass is 9.91. The van der Waals surface area contributed by atoms with Crippen molar-refractivity contribution in [1.29, 1.82) is 0 Å². The zero-order valence-electron chi connectivity index (χ0n) is 12.3. The second kappa shape index (κ2) is 5.92. The maximum absolute atomic E-state index is 12.8. The van der Waals surface area contributed by atoms with Crippen LogP contribution in [0.5, 0.6) is 0 Å². The molecule has 0 aromatic carbocycles. The molecule has 1 aromatic heterocycles. The van der Waals surface area contributed by atoms with Crippen LogP contribution in [-0.4, -0.2) is 49.6 Å². The Bertz CT molecular complexity index is 478. The van der Waals surface area contributed by atoms with Gasteiger partial charge in [-0.05, 0) is 26.2 Å². The van der Waals surface area contributed by atoms with Crippen molar-refractivity contribution in [2.24, 2.45) is 0 Å². The number of nitrogens with zero attached hydrogens (tertiary/aromatic N) is 4. The van der Waals surface area contributed by atoms with Crippen LogP contribution in [0.25, 0.3) is 0 Å². The first kappa shape index (κ1) is 16.2. The highest BCUT2D eigenvalue weighted by atomic mass is 19.4. The fourth-order valence-electron chi connectivity index (χ4n) is 2.62. The molecule has 21 heavy (non-hydrogen) atoms. The van der Waals surface area contributed by atoms with Gasteiger partial charge in [-0.15, -0.1) is 10.2 Å². The quantitative estimate of drug-likeness (QED) is 0.923. The van der Waals surface area contributed by atoms with E-state index in [-0.39, 0.29) is 25.9 Å². The van der Waals surface area contributed by atoms with Gasteiger partial charge in [-0.2, -0.15) is 13.2 Å². The van der Waals surface area contributed by atoms with Crippen LogP contribution >= 0.6 is 0 Å². The number of halogens is 3. The Labute approximate surface area is 121 Å². The minimum atomic E-state index is -4.56. The minimum Gasteiger partial charge on any atom is -0.380 e. The predicted molar refractivity (Wildman–Crippen MR) is 70.6 cm³/mol. The average molecular weight is 306 g/mol. The Balaban J connectivity index is 1.98. The molecule has 1 aliphatic rings. The lowest BCUT2D eigenvalue weighted by Gasteiger charge is -2.38. The van der Waals surface area contributed by atoms with E-state index in [1.165, 1.54) is 0 Å². The van der Waals surface area contributed by atoms with E-state index < -0.39 is 11.8 Å². The molecule has 8 heteroatoms. The summed E-state index contributed by atoms with van der Waals surface area (Å²) in [5.41, 5.74) is -2.55. The molecule has 2 heterocycles.